The molecule has 1 aromatic rings. The number of fused-ring (bicyclic) bond motifs is 6. The van der Waals surface area contributed by atoms with Crippen LogP contribution in [0.5, 0.6) is 0 Å². The van der Waals surface area contributed by atoms with Gasteiger partial charge in [0.2, 0.25) is 0 Å². The van der Waals surface area contributed by atoms with Gasteiger partial charge in [-0.2, -0.15) is 5.26 Å². The van der Waals surface area contributed by atoms with Crippen molar-refractivity contribution in [3.05, 3.63) is 113 Å². The van der Waals surface area contributed by atoms with E-state index < -0.39 is 0 Å². The molecule has 0 fully saturated rings. The summed E-state index contributed by atoms with van der Waals surface area (Å²) in [6, 6.07) is 11.2. The minimum Gasteiger partial charge on any atom is -0.487 e. The highest BCUT2D eigenvalue weighted by molar-refractivity contribution is 5.72. The van der Waals surface area contributed by atoms with Gasteiger partial charge in [-0.1, -0.05) is 67.7 Å². The molecule has 7 atom stereocenters. The van der Waals surface area contributed by atoms with Crippen LogP contribution in [0.2, 0.25) is 0 Å². The van der Waals surface area contributed by atoms with E-state index in [1.54, 1.807) is 0 Å². The zero-order valence-corrected chi connectivity index (χ0v) is 19.8. The van der Waals surface area contributed by atoms with E-state index >= 15 is 0 Å². The van der Waals surface area contributed by atoms with Gasteiger partial charge >= 0.3 is 0 Å². The maximum absolute atomic E-state index is 9.31. The molecular weight excluding hydrogens is 430 g/mol. The number of rotatable bonds is 2. The average molecular weight is 460 g/mol. The molecule has 1 aromatic carbocycles. The van der Waals surface area contributed by atoms with Gasteiger partial charge in [-0.25, -0.2) is 0 Å². The number of nitrogens with one attached hydrogen (secondary N) is 1. The molecule has 0 saturated heterocycles. The lowest BCUT2D eigenvalue weighted by atomic mass is 9.76. The molecule has 0 amide bonds. The molecule has 0 aromatic heterocycles. The highest BCUT2D eigenvalue weighted by atomic mass is 16.5. The molecule has 0 bridgehead atoms. The highest BCUT2D eigenvalue weighted by Crippen LogP contribution is 2.53. The first-order valence-corrected chi connectivity index (χ1v) is 12.8. The summed E-state index contributed by atoms with van der Waals surface area (Å²) in [5.41, 5.74) is 5.94. The lowest BCUT2D eigenvalue weighted by Crippen LogP contribution is -2.39. The number of hydrogen-bond donors (Lipinski definition) is 1. The predicted octanol–water partition coefficient (Wildman–Crippen LogP) is 5.65. The number of para-hydroxylation sites is 1. The molecule has 4 heteroatoms. The minimum absolute atomic E-state index is 0.0952. The van der Waals surface area contributed by atoms with Crippen LogP contribution in [-0.4, -0.2) is 18.7 Å². The topological polar surface area (TPSA) is 48.3 Å². The maximum atomic E-state index is 9.31. The molecule has 0 radical (unpaired) electrons. The summed E-state index contributed by atoms with van der Waals surface area (Å²) in [7, 11) is 0. The number of benzene rings is 1. The van der Waals surface area contributed by atoms with Gasteiger partial charge in [0.05, 0.1) is 0 Å². The SMILES string of the molecule is CC1C=C(C#N)NCC1C1C=C(N2c3ccccc3C3C=CC4=C(OC5C=CC=CC45)C32)C=CC1. The third-order valence-electron chi connectivity index (χ3n) is 8.58. The summed E-state index contributed by atoms with van der Waals surface area (Å²) in [6.07, 6.45) is 23.8. The Morgan fingerprint density at radius 3 is 2.83 bits per heavy atom. The Balaban J connectivity index is 1.28. The lowest BCUT2D eigenvalue weighted by molar-refractivity contribution is 0.150. The Kier molecular flexibility index (Phi) is 4.67. The molecule has 4 nitrogen and oxygen atoms in total. The van der Waals surface area contributed by atoms with Crippen LogP contribution >= 0.6 is 0 Å². The van der Waals surface area contributed by atoms with Crippen LogP contribution in [0, 0.1) is 35.0 Å². The number of ether oxygens (including phenoxy) is 1. The van der Waals surface area contributed by atoms with Gasteiger partial charge < -0.3 is 15.0 Å². The maximum Gasteiger partial charge on any atom is 0.127 e. The third kappa shape index (κ3) is 3.11. The first-order chi connectivity index (χ1) is 17.2. The fraction of sp³-hybridized carbons (Fsp3) is 0.323. The van der Waals surface area contributed by atoms with Gasteiger partial charge in [0.15, 0.2) is 0 Å². The monoisotopic (exact) mass is 459 g/mol. The smallest absolute Gasteiger partial charge is 0.127 e. The highest BCUT2D eigenvalue weighted by Gasteiger charge is 2.49. The Hall–Kier alpha value is -3.71. The van der Waals surface area contributed by atoms with Crippen LogP contribution in [0.15, 0.2) is 108 Å². The Labute approximate surface area is 207 Å². The lowest BCUT2D eigenvalue weighted by Gasteiger charge is -2.37. The Bertz CT molecular complexity index is 1330. The van der Waals surface area contributed by atoms with Crippen LogP contribution < -0.4 is 10.2 Å². The van der Waals surface area contributed by atoms with Crippen LogP contribution in [0.1, 0.15) is 24.8 Å². The Morgan fingerprint density at radius 2 is 1.94 bits per heavy atom. The first-order valence-electron chi connectivity index (χ1n) is 12.8. The van der Waals surface area contributed by atoms with Crippen LogP contribution in [0.25, 0.3) is 0 Å². The molecule has 3 aliphatic carbocycles. The fourth-order valence-electron chi connectivity index (χ4n) is 6.88. The van der Waals surface area contributed by atoms with Crippen LogP contribution in [0.4, 0.5) is 5.69 Å². The molecule has 0 saturated carbocycles. The van der Waals surface area contributed by atoms with Crippen molar-refractivity contribution < 1.29 is 4.74 Å². The zero-order valence-electron chi connectivity index (χ0n) is 19.8. The molecule has 7 unspecified atom stereocenters. The second-order valence-electron chi connectivity index (χ2n) is 10.4. The van der Waals surface area contributed by atoms with E-state index in [1.165, 1.54) is 22.5 Å². The molecule has 1 N–H and O–H groups in total. The molecular formula is C31H29N3O. The summed E-state index contributed by atoms with van der Waals surface area (Å²) in [5.74, 6) is 2.96. The Morgan fingerprint density at radius 1 is 1.06 bits per heavy atom. The largest absolute Gasteiger partial charge is 0.487 e. The van der Waals surface area contributed by atoms with Gasteiger partial charge in [0, 0.05) is 35.3 Å². The molecule has 3 aliphatic heterocycles. The normalized spacial score (nSPS) is 35.8. The quantitative estimate of drug-likeness (QED) is 0.621. The van der Waals surface area contributed by atoms with Crippen LogP contribution in [0.3, 0.4) is 0 Å². The van der Waals surface area contributed by atoms with Gasteiger partial charge in [0.25, 0.3) is 0 Å². The second-order valence-corrected chi connectivity index (χ2v) is 10.4. The van der Waals surface area contributed by atoms with Crippen LogP contribution in [-0.2, 0) is 4.74 Å². The van der Waals surface area contributed by atoms with Crippen molar-refractivity contribution in [2.45, 2.75) is 31.4 Å². The number of allylic oxidation sites excluding steroid dienone is 8. The average Bonchev–Trinajstić information content (AvgIpc) is 3.44. The van der Waals surface area contributed by atoms with Crippen molar-refractivity contribution in [1.29, 1.82) is 5.26 Å². The third-order valence-corrected chi connectivity index (χ3v) is 8.58. The van der Waals surface area contributed by atoms with E-state index in [0.717, 1.165) is 18.7 Å². The first kappa shape index (κ1) is 20.6. The summed E-state index contributed by atoms with van der Waals surface area (Å²) in [6.45, 7) is 3.09. The van der Waals surface area contributed by atoms with E-state index in [-0.39, 0.29) is 18.1 Å². The van der Waals surface area contributed by atoms with Crippen molar-refractivity contribution >= 4 is 5.69 Å². The number of hydrogen-bond acceptors (Lipinski definition) is 4. The van der Waals surface area contributed by atoms with E-state index in [0.29, 0.717) is 29.4 Å². The number of nitrogens with zero attached hydrogens (tertiary/aromatic N) is 2. The second kappa shape index (κ2) is 7.92. The predicted molar refractivity (Wildman–Crippen MR) is 138 cm³/mol. The van der Waals surface area contributed by atoms with E-state index in [2.05, 4.69) is 108 Å². The van der Waals surface area contributed by atoms with E-state index in [4.69, 9.17) is 4.74 Å². The molecule has 3 heterocycles. The van der Waals surface area contributed by atoms with E-state index in [1.807, 2.05) is 0 Å². The summed E-state index contributed by atoms with van der Waals surface area (Å²) in [5, 5.41) is 12.6. The summed E-state index contributed by atoms with van der Waals surface area (Å²) in [4.78, 5) is 2.53. The molecule has 35 heavy (non-hydrogen) atoms. The van der Waals surface area contributed by atoms with E-state index in [9.17, 15) is 5.26 Å². The molecule has 174 valence electrons. The van der Waals surface area contributed by atoms with Crippen molar-refractivity contribution in [1.82, 2.24) is 5.32 Å². The van der Waals surface area contributed by atoms with Crippen molar-refractivity contribution in [3.8, 4) is 6.07 Å². The van der Waals surface area contributed by atoms with Gasteiger partial charge in [-0.3, -0.25) is 0 Å². The summed E-state index contributed by atoms with van der Waals surface area (Å²) < 4.78 is 6.67. The summed E-state index contributed by atoms with van der Waals surface area (Å²) >= 11 is 0. The minimum atomic E-state index is 0.0952. The van der Waals surface area contributed by atoms with Gasteiger partial charge in [0.1, 0.15) is 29.7 Å². The van der Waals surface area contributed by atoms with Gasteiger partial charge in [-0.15, -0.1) is 0 Å². The van der Waals surface area contributed by atoms with Crippen molar-refractivity contribution in [3.63, 3.8) is 0 Å². The molecule has 6 aliphatic rings. The molecule has 0 spiro atoms. The fourth-order valence-corrected chi connectivity index (χ4v) is 6.88. The number of nitriles is 1. The van der Waals surface area contributed by atoms with Crippen molar-refractivity contribution in [2.75, 3.05) is 11.4 Å². The van der Waals surface area contributed by atoms with Gasteiger partial charge in [-0.05, 0) is 54.0 Å². The zero-order chi connectivity index (χ0) is 23.5. The molecule has 7 rings (SSSR count). The van der Waals surface area contributed by atoms with Crippen molar-refractivity contribution in [2.24, 2.45) is 23.7 Å². The number of anilines is 1. The standard InChI is InChI=1S/C31H29N3O/c1-19-15-21(17-32)33-18-27(19)20-7-6-8-22(16-20)34-28-11-4-2-9-23(28)25-13-14-26-24-10-3-5-12-29(24)35-31(26)30(25)34/h2-6,8-16,19-20,24-25,27,29-30,33H,7,18H2,1H3.